The first-order valence-electron chi connectivity index (χ1n) is 17.4. The van der Waals surface area contributed by atoms with Crippen molar-refractivity contribution in [3.05, 3.63) is 167 Å². The van der Waals surface area contributed by atoms with Gasteiger partial charge >= 0.3 is 6.18 Å². The smallest absolute Gasteiger partial charge is 0.309 e. The molecule has 0 amide bonds. The number of benzene rings is 7. The zero-order valence-electron chi connectivity index (χ0n) is 29.1. The number of hydrogen-bond acceptors (Lipinski definition) is 4. The Hall–Kier alpha value is -8.11. The molecule has 0 radical (unpaired) electrons. The normalized spacial score (nSPS) is 11.4. The van der Waals surface area contributed by atoms with E-state index in [9.17, 15) is 34.2 Å². The molecule has 262 valence electrons. The largest absolute Gasteiger partial charge is 0.416 e. The van der Waals surface area contributed by atoms with Crippen LogP contribution in [0, 0.1) is 45.3 Å². The average molecular weight is 729 g/mol. The Morgan fingerprint density at radius 2 is 1.00 bits per heavy atom. The molecular weight excluding hydrogens is 706 g/mol. The Labute approximate surface area is 317 Å². The third kappa shape index (κ3) is 5.16. The summed E-state index contributed by atoms with van der Waals surface area (Å²) in [4.78, 5) is 0. The quantitative estimate of drug-likeness (QED) is 0.180. The van der Waals surface area contributed by atoms with Crippen LogP contribution in [-0.4, -0.2) is 9.13 Å². The third-order valence-electron chi connectivity index (χ3n) is 10.3. The predicted octanol–water partition coefficient (Wildman–Crippen LogP) is 11.7. The Morgan fingerprint density at radius 1 is 0.429 bits per heavy atom. The van der Waals surface area contributed by atoms with Gasteiger partial charge in [0, 0.05) is 32.7 Å². The SMILES string of the molecule is N#Cc1ccc2c(c1)c1ccccc1n2-c1ccc(-c2ccc(C(F)(F)F)cc2C#N)cc1-c1c(C#N)cccc1-n1c2ccccc2c2cc(C#N)ccc21. The molecule has 0 aliphatic heterocycles. The highest BCUT2D eigenvalue weighted by atomic mass is 19.4. The number of aromatic nitrogens is 2. The number of halogens is 3. The van der Waals surface area contributed by atoms with Crippen LogP contribution in [0.1, 0.15) is 27.8 Å². The summed E-state index contributed by atoms with van der Waals surface area (Å²) in [6, 6.07) is 49.4. The fourth-order valence-corrected chi connectivity index (χ4v) is 7.87. The molecule has 2 heterocycles. The molecule has 6 nitrogen and oxygen atoms in total. The number of para-hydroxylation sites is 2. The zero-order chi connectivity index (χ0) is 38.7. The lowest BCUT2D eigenvalue weighted by molar-refractivity contribution is -0.137. The lowest BCUT2D eigenvalue weighted by Gasteiger charge is -2.21. The van der Waals surface area contributed by atoms with Crippen LogP contribution in [0.2, 0.25) is 0 Å². The van der Waals surface area contributed by atoms with Gasteiger partial charge in [-0.3, -0.25) is 0 Å². The van der Waals surface area contributed by atoms with Crippen molar-refractivity contribution in [1.82, 2.24) is 9.13 Å². The van der Waals surface area contributed by atoms with Crippen molar-refractivity contribution < 1.29 is 13.2 Å². The summed E-state index contributed by atoms with van der Waals surface area (Å²) in [7, 11) is 0. The Kier molecular flexibility index (Phi) is 7.69. The maximum Gasteiger partial charge on any atom is 0.416 e. The van der Waals surface area contributed by atoms with Crippen LogP contribution in [0.5, 0.6) is 0 Å². The maximum absolute atomic E-state index is 13.8. The molecule has 56 heavy (non-hydrogen) atoms. The van der Waals surface area contributed by atoms with Crippen LogP contribution in [0.25, 0.3) is 77.2 Å². The highest BCUT2D eigenvalue weighted by molar-refractivity contribution is 6.12. The number of fused-ring (bicyclic) bond motifs is 6. The highest BCUT2D eigenvalue weighted by Crippen LogP contribution is 2.44. The van der Waals surface area contributed by atoms with E-state index >= 15 is 0 Å². The summed E-state index contributed by atoms with van der Waals surface area (Å²) in [6.07, 6.45) is -4.64. The Bertz CT molecular complexity index is 3300. The first-order valence-corrected chi connectivity index (χ1v) is 17.4. The van der Waals surface area contributed by atoms with Gasteiger partial charge in [0.1, 0.15) is 0 Å². The van der Waals surface area contributed by atoms with Gasteiger partial charge in [-0.2, -0.15) is 34.2 Å². The monoisotopic (exact) mass is 728 g/mol. The molecule has 0 unspecified atom stereocenters. The first kappa shape index (κ1) is 33.7. The van der Waals surface area contributed by atoms with Crippen LogP contribution >= 0.6 is 0 Å². The van der Waals surface area contributed by atoms with Crippen LogP contribution in [0.4, 0.5) is 13.2 Å². The van der Waals surface area contributed by atoms with Gasteiger partial charge in [-0.25, -0.2) is 0 Å². The lowest BCUT2D eigenvalue weighted by atomic mass is 9.91. The van der Waals surface area contributed by atoms with Crippen LogP contribution in [0.15, 0.2) is 140 Å². The molecule has 9 rings (SSSR count). The summed E-state index contributed by atoms with van der Waals surface area (Å²) in [6.45, 7) is 0. The van der Waals surface area contributed by atoms with E-state index in [2.05, 4.69) is 27.3 Å². The molecule has 0 N–H and O–H groups in total. The minimum Gasteiger partial charge on any atom is -0.309 e. The van der Waals surface area contributed by atoms with Gasteiger partial charge in [-0.15, -0.1) is 0 Å². The van der Waals surface area contributed by atoms with Crippen molar-refractivity contribution in [2.45, 2.75) is 6.18 Å². The van der Waals surface area contributed by atoms with Gasteiger partial charge in [-0.1, -0.05) is 54.6 Å². The summed E-state index contributed by atoms with van der Waals surface area (Å²) in [5.74, 6) is 0. The van der Waals surface area contributed by atoms with Crippen molar-refractivity contribution >= 4 is 43.6 Å². The second-order valence-electron chi connectivity index (χ2n) is 13.3. The first-order chi connectivity index (χ1) is 27.2. The van der Waals surface area contributed by atoms with E-state index in [1.165, 1.54) is 6.07 Å². The summed E-state index contributed by atoms with van der Waals surface area (Å²) >= 11 is 0. The predicted molar refractivity (Wildman–Crippen MR) is 210 cm³/mol. The van der Waals surface area contributed by atoms with E-state index in [1.807, 2.05) is 97.1 Å². The van der Waals surface area contributed by atoms with Crippen LogP contribution in [-0.2, 0) is 6.18 Å². The van der Waals surface area contributed by atoms with Gasteiger partial charge < -0.3 is 9.13 Å². The molecule has 0 saturated heterocycles. The molecule has 9 heteroatoms. The van der Waals surface area contributed by atoms with E-state index in [1.54, 1.807) is 30.3 Å². The van der Waals surface area contributed by atoms with Crippen molar-refractivity contribution in [3.8, 4) is 57.9 Å². The summed E-state index contributed by atoms with van der Waals surface area (Å²) in [5, 5.41) is 44.0. The van der Waals surface area contributed by atoms with E-state index in [0.29, 0.717) is 50.3 Å². The molecule has 0 bridgehead atoms. The number of rotatable bonds is 4. The summed E-state index contributed by atoms with van der Waals surface area (Å²) < 4.78 is 45.5. The molecule has 0 saturated carbocycles. The minimum absolute atomic E-state index is 0.149. The number of hydrogen-bond donors (Lipinski definition) is 0. The molecular formula is C47H23F3N6. The number of alkyl halides is 3. The van der Waals surface area contributed by atoms with Crippen molar-refractivity contribution in [2.24, 2.45) is 0 Å². The van der Waals surface area contributed by atoms with Crippen LogP contribution in [0.3, 0.4) is 0 Å². The van der Waals surface area contributed by atoms with Crippen molar-refractivity contribution in [2.75, 3.05) is 0 Å². The standard InChI is InChI=1S/C47H23F3N6/c48-47(49,50)33-15-16-34(32(22-33)27-54)30-14-19-44(55-40-9-3-1-7-35(40)37-20-28(24-51)12-17-42(37)55)39(23-30)46-31(26-53)6-5-11-45(46)56-41-10-4-2-8-36(41)38-21-29(25-52)13-18-43(38)56/h1-23H. The third-order valence-corrected chi connectivity index (χ3v) is 10.3. The van der Waals surface area contributed by atoms with Gasteiger partial charge in [0.15, 0.2) is 0 Å². The van der Waals surface area contributed by atoms with Crippen molar-refractivity contribution in [3.63, 3.8) is 0 Å². The minimum atomic E-state index is -4.64. The molecule has 2 aromatic heterocycles. The van der Waals surface area contributed by atoms with Gasteiger partial charge in [0.2, 0.25) is 0 Å². The second-order valence-corrected chi connectivity index (χ2v) is 13.3. The van der Waals surface area contributed by atoms with E-state index in [0.717, 1.165) is 55.7 Å². The zero-order valence-corrected chi connectivity index (χ0v) is 29.1. The molecule has 0 spiro atoms. The molecule has 7 aromatic carbocycles. The fraction of sp³-hybridized carbons (Fsp3) is 0.0213. The van der Waals surface area contributed by atoms with E-state index < -0.39 is 11.7 Å². The number of nitriles is 4. The molecule has 0 fully saturated rings. The van der Waals surface area contributed by atoms with E-state index in [4.69, 9.17) is 0 Å². The lowest BCUT2D eigenvalue weighted by Crippen LogP contribution is -2.06. The van der Waals surface area contributed by atoms with Gasteiger partial charge in [-0.05, 0) is 96.1 Å². The fourth-order valence-electron chi connectivity index (χ4n) is 7.87. The van der Waals surface area contributed by atoms with Gasteiger partial charge in [0.25, 0.3) is 0 Å². The highest BCUT2D eigenvalue weighted by Gasteiger charge is 2.31. The average Bonchev–Trinajstić information content (AvgIpc) is 3.74. The Morgan fingerprint density at radius 3 is 1.57 bits per heavy atom. The molecule has 0 aliphatic rings. The molecule has 0 aliphatic carbocycles. The van der Waals surface area contributed by atoms with Crippen molar-refractivity contribution in [1.29, 1.82) is 21.0 Å². The maximum atomic E-state index is 13.8. The number of nitrogens with zero attached hydrogens (tertiary/aromatic N) is 6. The topological polar surface area (TPSA) is 105 Å². The summed E-state index contributed by atoms with van der Waals surface area (Å²) in [5.41, 5.74) is 6.70. The second kappa shape index (κ2) is 12.8. The van der Waals surface area contributed by atoms with Crippen LogP contribution < -0.4 is 0 Å². The van der Waals surface area contributed by atoms with Gasteiger partial charge in [0.05, 0.1) is 85.5 Å². The molecule has 0 atom stereocenters. The Balaban J connectivity index is 1.43. The van der Waals surface area contributed by atoms with E-state index in [-0.39, 0.29) is 5.56 Å². The molecule has 9 aromatic rings.